The smallest absolute Gasteiger partial charge is 0.0390 e. The number of hydrogen-bond acceptors (Lipinski definition) is 1. The summed E-state index contributed by atoms with van der Waals surface area (Å²) in [6.07, 6.45) is 12.9. The number of rotatable bonds is 3. The first-order valence-corrected chi connectivity index (χ1v) is 7.75. The molecule has 22 heavy (non-hydrogen) atoms. The largest absolute Gasteiger partial charge is 0.356 e. The summed E-state index contributed by atoms with van der Waals surface area (Å²) in [6, 6.07) is 14.9. The second kappa shape index (κ2) is 6.48. The molecule has 1 unspecified atom stereocenters. The van der Waals surface area contributed by atoms with Crippen LogP contribution in [0, 0.1) is 5.92 Å². The maximum Gasteiger partial charge on any atom is 0.0390 e. The van der Waals surface area contributed by atoms with Crippen LogP contribution in [0.2, 0.25) is 0 Å². The third-order valence-corrected chi connectivity index (χ3v) is 3.93. The monoisotopic (exact) mass is 287 g/mol. The molecule has 1 heteroatoms. The topological polar surface area (TPSA) is 12.0 Å². The SMILES string of the molecule is C/C=C\C=C1\C=C(Nc2ccc3ccccc3c2)C=CC1C. The maximum absolute atomic E-state index is 3.51. The Labute approximate surface area is 132 Å². The zero-order valence-electron chi connectivity index (χ0n) is 13.1. The van der Waals surface area contributed by atoms with E-state index < -0.39 is 0 Å². The molecule has 0 spiro atoms. The van der Waals surface area contributed by atoms with E-state index >= 15 is 0 Å². The summed E-state index contributed by atoms with van der Waals surface area (Å²) in [5, 5.41) is 6.03. The van der Waals surface area contributed by atoms with Crippen molar-refractivity contribution in [1.82, 2.24) is 0 Å². The van der Waals surface area contributed by atoms with Crippen LogP contribution in [-0.4, -0.2) is 0 Å². The molecule has 0 fully saturated rings. The molecule has 1 aliphatic rings. The lowest BCUT2D eigenvalue weighted by Crippen LogP contribution is -2.05. The highest BCUT2D eigenvalue weighted by Crippen LogP contribution is 2.25. The maximum atomic E-state index is 3.51. The van der Waals surface area contributed by atoms with Crippen LogP contribution >= 0.6 is 0 Å². The molecule has 0 saturated carbocycles. The summed E-state index contributed by atoms with van der Waals surface area (Å²) < 4.78 is 0. The average Bonchev–Trinajstić information content (AvgIpc) is 2.55. The van der Waals surface area contributed by atoms with Gasteiger partial charge in [0, 0.05) is 11.4 Å². The van der Waals surface area contributed by atoms with E-state index in [0.717, 1.165) is 11.4 Å². The molecule has 0 saturated heterocycles. The van der Waals surface area contributed by atoms with Gasteiger partial charge in [-0.25, -0.2) is 0 Å². The van der Waals surface area contributed by atoms with Gasteiger partial charge in [0.1, 0.15) is 0 Å². The van der Waals surface area contributed by atoms with Gasteiger partial charge < -0.3 is 5.32 Å². The first-order chi connectivity index (χ1) is 10.8. The van der Waals surface area contributed by atoms with Gasteiger partial charge in [-0.1, -0.05) is 61.6 Å². The molecule has 1 aliphatic carbocycles. The predicted octanol–water partition coefficient (Wildman–Crippen LogP) is 5.84. The third-order valence-electron chi connectivity index (χ3n) is 3.93. The lowest BCUT2D eigenvalue weighted by molar-refractivity contribution is 0.877. The number of anilines is 1. The van der Waals surface area contributed by atoms with E-state index in [0.29, 0.717) is 5.92 Å². The number of allylic oxidation sites excluding steroid dienone is 7. The third kappa shape index (κ3) is 3.20. The molecule has 0 bridgehead atoms. The molecule has 3 rings (SSSR count). The highest BCUT2D eigenvalue weighted by Gasteiger charge is 2.09. The van der Waals surface area contributed by atoms with Crippen LogP contribution in [0.3, 0.4) is 0 Å². The summed E-state index contributed by atoms with van der Waals surface area (Å²) in [5.74, 6) is 0.457. The van der Waals surface area contributed by atoms with Crippen LogP contribution in [-0.2, 0) is 0 Å². The van der Waals surface area contributed by atoms with Crippen molar-refractivity contribution in [2.75, 3.05) is 5.32 Å². The van der Waals surface area contributed by atoms with Crippen LogP contribution in [0.25, 0.3) is 10.8 Å². The minimum atomic E-state index is 0.457. The van der Waals surface area contributed by atoms with Crippen molar-refractivity contribution in [3.8, 4) is 0 Å². The summed E-state index contributed by atoms with van der Waals surface area (Å²) in [6.45, 7) is 4.26. The van der Waals surface area contributed by atoms with E-state index in [4.69, 9.17) is 0 Å². The predicted molar refractivity (Wildman–Crippen MR) is 96.9 cm³/mol. The number of nitrogens with one attached hydrogen (secondary N) is 1. The van der Waals surface area contributed by atoms with Crippen molar-refractivity contribution in [3.05, 3.63) is 90.2 Å². The molecule has 1 N–H and O–H groups in total. The van der Waals surface area contributed by atoms with Crippen molar-refractivity contribution in [2.45, 2.75) is 13.8 Å². The Morgan fingerprint density at radius 1 is 1.05 bits per heavy atom. The quantitative estimate of drug-likeness (QED) is 0.747. The minimum Gasteiger partial charge on any atom is -0.356 e. The number of fused-ring (bicyclic) bond motifs is 1. The van der Waals surface area contributed by atoms with Gasteiger partial charge in [0.25, 0.3) is 0 Å². The molecule has 1 nitrogen and oxygen atoms in total. The molecule has 0 heterocycles. The molecule has 1 atom stereocenters. The standard InChI is InChI=1S/C21H21N/c1-3-4-7-18-14-20(12-10-16(18)2)22-21-13-11-17-8-5-6-9-19(17)15-21/h3-16,22H,1-2H3/b4-3-,18-7-. The van der Waals surface area contributed by atoms with Gasteiger partial charge in [-0.05, 0) is 53.5 Å². The molecule has 2 aromatic rings. The van der Waals surface area contributed by atoms with Crippen LogP contribution < -0.4 is 5.32 Å². The minimum absolute atomic E-state index is 0.457. The zero-order chi connectivity index (χ0) is 15.4. The van der Waals surface area contributed by atoms with Gasteiger partial charge in [0.2, 0.25) is 0 Å². The van der Waals surface area contributed by atoms with Crippen LogP contribution in [0.4, 0.5) is 5.69 Å². The summed E-state index contributed by atoms with van der Waals surface area (Å²) in [4.78, 5) is 0. The Bertz CT molecular complexity index is 790. The Balaban J connectivity index is 1.86. The van der Waals surface area contributed by atoms with Gasteiger partial charge in [-0.2, -0.15) is 0 Å². The van der Waals surface area contributed by atoms with Crippen LogP contribution in [0.5, 0.6) is 0 Å². The van der Waals surface area contributed by atoms with Crippen LogP contribution in [0.1, 0.15) is 13.8 Å². The molecular weight excluding hydrogens is 266 g/mol. The van der Waals surface area contributed by atoms with E-state index in [9.17, 15) is 0 Å². The van der Waals surface area contributed by atoms with E-state index in [1.807, 2.05) is 6.92 Å². The fourth-order valence-electron chi connectivity index (χ4n) is 2.64. The van der Waals surface area contributed by atoms with Crippen molar-refractivity contribution in [1.29, 1.82) is 0 Å². The highest BCUT2D eigenvalue weighted by atomic mass is 14.9. The summed E-state index contributed by atoms with van der Waals surface area (Å²) in [7, 11) is 0. The molecule has 0 aromatic heterocycles. The second-order valence-electron chi connectivity index (χ2n) is 5.63. The van der Waals surface area contributed by atoms with Gasteiger partial charge in [0.05, 0.1) is 0 Å². The van der Waals surface area contributed by atoms with Gasteiger partial charge in [-0.15, -0.1) is 0 Å². The first-order valence-electron chi connectivity index (χ1n) is 7.75. The zero-order valence-corrected chi connectivity index (χ0v) is 13.1. The fourth-order valence-corrected chi connectivity index (χ4v) is 2.64. The average molecular weight is 287 g/mol. The van der Waals surface area contributed by atoms with Crippen molar-refractivity contribution in [3.63, 3.8) is 0 Å². The Hall–Kier alpha value is -2.54. The Kier molecular flexibility index (Phi) is 4.24. The second-order valence-corrected chi connectivity index (χ2v) is 5.63. The Morgan fingerprint density at radius 2 is 1.86 bits per heavy atom. The van der Waals surface area contributed by atoms with Gasteiger partial charge in [0.15, 0.2) is 0 Å². The van der Waals surface area contributed by atoms with Gasteiger partial charge in [-0.3, -0.25) is 0 Å². The molecule has 110 valence electrons. The fraction of sp³-hybridized carbons (Fsp3) is 0.143. The van der Waals surface area contributed by atoms with Crippen molar-refractivity contribution in [2.24, 2.45) is 5.92 Å². The molecule has 0 radical (unpaired) electrons. The van der Waals surface area contributed by atoms with Crippen molar-refractivity contribution < 1.29 is 0 Å². The van der Waals surface area contributed by atoms with Gasteiger partial charge >= 0.3 is 0 Å². The number of hydrogen-bond donors (Lipinski definition) is 1. The van der Waals surface area contributed by atoms with E-state index in [1.165, 1.54) is 16.3 Å². The highest BCUT2D eigenvalue weighted by molar-refractivity contribution is 5.86. The Morgan fingerprint density at radius 3 is 2.68 bits per heavy atom. The van der Waals surface area contributed by atoms with E-state index in [1.54, 1.807) is 0 Å². The molecular formula is C21H21N. The lowest BCUT2D eigenvalue weighted by atomic mass is 9.94. The van der Waals surface area contributed by atoms with E-state index in [-0.39, 0.29) is 0 Å². The molecule has 0 amide bonds. The van der Waals surface area contributed by atoms with Crippen molar-refractivity contribution >= 4 is 16.5 Å². The lowest BCUT2D eigenvalue weighted by Gasteiger charge is -2.17. The summed E-state index contributed by atoms with van der Waals surface area (Å²) in [5.41, 5.74) is 3.57. The summed E-state index contributed by atoms with van der Waals surface area (Å²) >= 11 is 0. The normalized spacial score (nSPS) is 19.8. The molecule has 0 aliphatic heterocycles. The number of benzene rings is 2. The van der Waals surface area contributed by atoms with E-state index in [2.05, 4.69) is 91.2 Å². The first kappa shape index (κ1) is 14.4. The van der Waals surface area contributed by atoms with Crippen LogP contribution in [0.15, 0.2) is 90.2 Å². The molecule has 2 aromatic carbocycles.